The van der Waals surface area contributed by atoms with E-state index in [0.717, 1.165) is 19.5 Å². The van der Waals surface area contributed by atoms with E-state index in [2.05, 4.69) is 4.90 Å². The summed E-state index contributed by atoms with van der Waals surface area (Å²) in [5.74, 6) is 0. The van der Waals surface area contributed by atoms with E-state index >= 15 is 0 Å². The molecule has 0 aromatic heterocycles. The summed E-state index contributed by atoms with van der Waals surface area (Å²) in [6.07, 6.45) is 1.47. The summed E-state index contributed by atoms with van der Waals surface area (Å²) in [4.78, 5) is 2.18. The average Bonchev–Trinajstić information content (AvgIpc) is 2.40. The van der Waals surface area contributed by atoms with Gasteiger partial charge in [0.15, 0.2) is 0 Å². The third kappa shape index (κ3) is 3.40. The highest BCUT2D eigenvalue weighted by Crippen LogP contribution is 2.18. The van der Waals surface area contributed by atoms with Gasteiger partial charge in [0.2, 0.25) is 10.0 Å². The van der Waals surface area contributed by atoms with Gasteiger partial charge in [0, 0.05) is 25.7 Å². The van der Waals surface area contributed by atoms with Gasteiger partial charge >= 0.3 is 0 Å². The molecule has 1 aliphatic rings. The number of nitrogens with two attached hydrogens (primary N) is 1. The maximum absolute atomic E-state index is 12.4. The molecule has 2 N–H and O–H groups in total. The van der Waals surface area contributed by atoms with Crippen LogP contribution in [0.15, 0.2) is 0 Å². The number of hydrogen-bond donors (Lipinski definition) is 1. The van der Waals surface area contributed by atoms with E-state index in [1.165, 1.54) is 0 Å². The van der Waals surface area contributed by atoms with Gasteiger partial charge in [-0.1, -0.05) is 6.92 Å². The normalized spacial score (nSPS) is 26.7. The second kappa shape index (κ2) is 6.13. The van der Waals surface area contributed by atoms with Crippen LogP contribution < -0.4 is 5.73 Å². The molecule has 0 saturated carbocycles. The lowest BCUT2D eigenvalue weighted by molar-refractivity contribution is 0.288. The molecule has 2 atom stereocenters. The summed E-state index contributed by atoms with van der Waals surface area (Å²) in [5.41, 5.74) is 5.57. The maximum atomic E-state index is 12.4. The molecule has 1 heterocycles. The fourth-order valence-corrected chi connectivity index (χ4v) is 4.42. The van der Waals surface area contributed by atoms with Crippen molar-refractivity contribution in [1.29, 1.82) is 0 Å². The minimum Gasteiger partial charge on any atom is -0.329 e. The third-order valence-corrected chi connectivity index (χ3v) is 6.02. The van der Waals surface area contributed by atoms with Gasteiger partial charge in [-0.3, -0.25) is 0 Å². The number of sulfonamides is 1. The minimum absolute atomic E-state index is 0.0353. The molecule has 0 aromatic carbocycles. The lowest BCUT2D eigenvalue weighted by atomic mass is 10.3. The van der Waals surface area contributed by atoms with Crippen LogP contribution in [0, 0.1) is 0 Å². The summed E-state index contributed by atoms with van der Waals surface area (Å²) in [5, 5.41) is -0.437. The van der Waals surface area contributed by atoms with Crippen molar-refractivity contribution in [2.45, 2.75) is 38.0 Å². The molecular weight excluding hydrogens is 238 g/mol. The highest BCUT2D eigenvalue weighted by Gasteiger charge is 2.34. The molecule has 5 nitrogen and oxygen atoms in total. The zero-order chi connectivity index (χ0) is 13.1. The van der Waals surface area contributed by atoms with Gasteiger partial charge in [-0.25, -0.2) is 8.42 Å². The van der Waals surface area contributed by atoms with E-state index in [1.54, 1.807) is 4.31 Å². The van der Waals surface area contributed by atoms with Crippen LogP contribution in [-0.2, 0) is 10.0 Å². The Labute approximate surface area is 105 Å². The minimum atomic E-state index is -3.24. The number of nitrogens with zero attached hydrogens (tertiary/aromatic N) is 2. The molecule has 1 fully saturated rings. The zero-order valence-corrected chi connectivity index (χ0v) is 11.9. The van der Waals surface area contributed by atoms with Crippen molar-refractivity contribution in [3.05, 3.63) is 0 Å². The Balaban J connectivity index is 2.89. The van der Waals surface area contributed by atoms with Crippen LogP contribution in [0.1, 0.15) is 26.7 Å². The molecular formula is C11H25N3O2S. The summed E-state index contributed by atoms with van der Waals surface area (Å²) in [7, 11) is -1.20. The van der Waals surface area contributed by atoms with Crippen LogP contribution in [0.25, 0.3) is 0 Å². The molecule has 6 heteroatoms. The van der Waals surface area contributed by atoms with Crippen molar-refractivity contribution in [3.8, 4) is 0 Å². The summed E-state index contributed by atoms with van der Waals surface area (Å²) in [6, 6.07) is 0.0353. The van der Waals surface area contributed by atoms with Crippen LogP contribution in [0.2, 0.25) is 0 Å². The second-order valence-electron chi connectivity index (χ2n) is 4.89. The Kier molecular flexibility index (Phi) is 5.37. The van der Waals surface area contributed by atoms with Gasteiger partial charge in [0.1, 0.15) is 0 Å². The van der Waals surface area contributed by atoms with Gasteiger partial charge in [-0.05, 0) is 33.4 Å². The van der Waals surface area contributed by atoms with Crippen LogP contribution >= 0.6 is 0 Å². The lowest BCUT2D eigenvalue weighted by Crippen LogP contribution is -2.48. The summed E-state index contributed by atoms with van der Waals surface area (Å²) in [6.45, 7) is 6.42. The standard InChI is InChI=1S/C11H25N3O2S/c1-4-11(8-12)17(15,16)14-7-5-6-13(3)9-10(14)2/h10-11H,4-9,12H2,1-3H3. The Bertz CT molecular complexity index is 328. The molecule has 102 valence electrons. The Morgan fingerprint density at radius 3 is 2.59 bits per heavy atom. The van der Waals surface area contributed by atoms with Crippen molar-refractivity contribution >= 4 is 10.0 Å². The average molecular weight is 263 g/mol. The largest absolute Gasteiger partial charge is 0.329 e. The van der Waals surface area contributed by atoms with Crippen molar-refractivity contribution in [1.82, 2.24) is 9.21 Å². The van der Waals surface area contributed by atoms with Crippen molar-refractivity contribution in [2.24, 2.45) is 5.73 Å². The van der Waals surface area contributed by atoms with Gasteiger partial charge in [0.05, 0.1) is 5.25 Å². The van der Waals surface area contributed by atoms with Crippen molar-refractivity contribution < 1.29 is 8.42 Å². The quantitative estimate of drug-likeness (QED) is 0.780. The van der Waals surface area contributed by atoms with E-state index < -0.39 is 15.3 Å². The van der Waals surface area contributed by atoms with Gasteiger partial charge in [-0.2, -0.15) is 4.31 Å². The number of hydrogen-bond acceptors (Lipinski definition) is 4. The predicted octanol–water partition coefficient (Wildman–Crippen LogP) is 0.0795. The van der Waals surface area contributed by atoms with E-state index in [1.807, 2.05) is 20.9 Å². The van der Waals surface area contributed by atoms with Crippen LogP contribution in [0.5, 0.6) is 0 Å². The first-order chi connectivity index (χ1) is 7.93. The molecule has 2 unspecified atom stereocenters. The van der Waals surface area contributed by atoms with Crippen molar-refractivity contribution in [2.75, 3.05) is 33.2 Å². The SMILES string of the molecule is CCC(CN)S(=O)(=O)N1CCCN(C)CC1C. The second-order valence-corrected chi connectivity index (χ2v) is 7.05. The van der Waals surface area contributed by atoms with E-state index in [-0.39, 0.29) is 12.6 Å². The van der Waals surface area contributed by atoms with E-state index in [9.17, 15) is 8.42 Å². The third-order valence-electron chi connectivity index (χ3n) is 3.45. The molecule has 0 amide bonds. The Morgan fingerprint density at radius 2 is 2.06 bits per heavy atom. The number of likely N-dealkylation sites (N-methyl/N-ethyl adjacent to an activating group) is 1. The first-order valence-corrected chi connectivity index (χ1v) is 7.83. The van der Waals surface area contributed by atoms with Crippen LogP contribution in [0.4, 0.5) is 0 Å². The molecule has 0 spiro atoms. The van der Waals surface area contributed by atoms with Gasteiger partial charge < -0.3 is 10.6 Å². The Hall–Kier alpha value is -0.170. The molecule has 1 aliphatic heterocycles. The topological polar surface area (TPSA) is 66.6 Å². The Morgan fingerprint density at radius 1 is 1.41 bits per heavy atom. The zero-order valence-electron chi connectivity index (χ0n) is 11.1. The summed E-state index contributed by atoms with van der Waals surface area (Å²) >= 11 is 0. The molecule has 0 bridgehead atoms. The van der Waals surface area contributed by atoms with Gasteiger partial charge in [-0.15, -0.1) is 0 Å². The molecule has 0 aliphatic carbocycles. The predicted molar refractivity (Wildman–Crippen MR) is 70.3 cm³/mol. The molecule has 1 saturated heterocycles. The fourth-order valence-electron chi connectivity index (χ4n) is 2.42. The van der Waals surface area contributed by atoms with Crippen LogP contribution in [-0.4, -0.2) is 62.1 Å². The van der Waals surface area contributed by atoms with Crippen LogP contribution in [0.3, 0.4) is 0 Å². The highest BCUT2D eigenvalue weighted by atomic mass is 32.2. The smallest absolute Gasteiger partial charge is 0.218 e. The van der Waals surface area contributed by atoms with E-state index in [0.29, 0.717) is 13.0 Å². The number of rotatable bonds is 4. The monoisotopic (exact) mass is 263 g/mol. The first-order valence-electron chi connectivity index (χ1n) is 6.32. The lowest BCUT2D eigenvalue weighted by Gasteiger charge is -2.30. The molecule has 0 radical (unpaired) electrons. The molecule has 17 heavy (non-hydrogen) atoms. The molecule has 1 rings (SSSR count). The van der Waals surface area contributed by atoms with E-state index in [4.69, 9.17) is 5.73 Å². The van der Waals surface area contributed by atoms with Gasteiger partial charge in [0.25, 0.3) is 0 Å². The van der Waals surface area contributed by atoms with Crippen molar-refractivity contribution in [3.63, 3.8) is 0 Å². The maximum Gasteiger partial charge on any atom is 0.218 e. The summed E-state index contributed by atoms with van der Waals surface area (Å²) < 4.78 is 26.5. The fraction of sp³-hybridized carbons (Fsp3) is 1.00. The first kappa shape index (κ1) is 14.9. The highest BCUT2D eigenvalue weighted by molar-refractivity contribution is 7.89. The molecule has 0 aromatic rings.